The van der Waals surface area contributed by atoms with Gasteiger partial charge in [-0.25, -0.2) is 9.80 Å². The van der Waals surface area contributed by atoms with E-state index in [1.807, 2.05) is 0 Å². The molecule has 192 valence electrons. The summed E-state index contributed by atoms with van der Waals surface area (Å²) in [6.45, 7) is 0. The Hall–Kier alpha value is -6.08. The summed E-state index contributed by atoms with van der Waals surface area (Å²) in [6, 6.07) is 20.6. The predicted octanol–water partition coefficient (Wildman–Crippen LogP) is 4.97. The summed E-state index contributed by atoms with van der Waals surface area (Å²) in [6.07, 6.45) is 5.45. The Morgan fingerprint density at radius 1 is 0.650 bits per heavy atom. The van der Waals surface area contributed by atoms with Crippen LogP contribution in [0.5, 0.6) is 11.5 Å². The molecule has 6 rings (SSSR count). The lowest BCUT2D eigenvalue weighted by Crippen LogP contribution is -2.29. The number of terminal acetylenes is 1. The first kappa shape index (κ1) is 24.3. The molecule has 4 aromatic carbocycles. The number of carbonyl (C=O) groups is 4. The number of nitro groups is 1. The first-order chi connectivity index (χ1) is 19.3. The molecule has 0 aliphatic carbocycles. The van der Waals surface area contributed by atoms with Crippen LogP contribution in [0.25, 0.3) is 0 Å². The molecule has 2 aliphatic heterocycles. The van der Waals surface area contributed by atoms with Crippen LogP contribution in [0, 0.1) is 22.5 Å². The highest BCUT2D eigenvalue weighted by Crippen LogP contribution is 2.35. The molecule has 40 heavy (non-hydrogen) atoms. The highest BCUT2D eigenvalue weighted by atomic mass is 16.6. The molecule has 4 aromatic rings. The summed E-state index contributed by atoms with van der Waals surface area (Å²) in [5.74, 6) is 0.623. The molecule has 2 heterocycles. The molecule has 0 spiro atoms. The average molecular weight is 529 g/mol. The van der Waals surface area contributed by atoms with E-state index in [1.54, 1.807) is 36.4 Å². The number of amides is 4. The number of non-ortho nitro benzene ring substituents is 1. The number of hydrogen-bond donors (Lipinski definition) is 0. The number of benzene rings is 4. The number of fused-ring (bicyclic) bond motifs is 2. The van der Waals surface area contributed by atoms with E-state index in [0.717, 1.165) is 15.9 Å². The minimum atomic E-state index is -0.698. The molecular weight excluding hydrogens is 514 g/mol. The molecule has 10 nitrogen and oxygen atoms in total. The molecule has 0 fully saturated rings. The number of carbonyl (C=O) groups excluding carboxylic acids is 4. The number of nitro benzene ring substituents is 1. The molecule has 0 N–H and O–H groups in total. The molecule has 0 bridgehead atoms. The van der Waals surface area contributed by atoms with Gasteiger partial charge in [-0.15, -0.1) is 6.42 Å². The van der Waals surface area contributed by atoms with Crippen LogP contribution < -0.4 is 14.5 Å². The van der Waals surface area contributed by atoms with E-state index in [0.29, 0.717) is 11.3 Å². The Morgan fingerprint density at radius 3 is 1.85 bits per heavy atom. The number of nitrogens with zero attached hydrogens (tertiary/aromatic N) is 3. The molecule has 0 radical (unpaired) electrons. The van der Waals surface area contributed by atoms with Gasteiger partial charge in [0.2, 0.25) is 0 Å². The van der Waals surface area contributed by atoms with Crippen molar-refractivity contribution in [2.24, 2.45) is 0 Å². The van der Waals surface area contributed by atoms with Gasteiger partial charge in [0.05, 0.1) is 38.6 Å². The Bertz CT molecular complexity index is 1870. The van der Waals surface area contributed by atoms with E-state index >= 15 is 0 Å². The fourth-order valence-electron chi connectivity index (χ4n) is 4.65. The van der Waals surface area contributed by atoms with Crippen LogP contribution in [-0.2, 0) is 0 Å². The van der Waals surface area contributed by atoms with Crippen molar-refractivity contribution in [2.45, 2.75) is 0 Å². The fraction of sp³-hybridized carbons (Fsp3) is 0. The van der Waals surface area contributed by atoms with Crippen molar-refractivity contribution in [3.05, 3.63) is 123 Å². The van der Waals surface area contributed by atoms with Gasteiger partial charge in [-0.3, -0.25) is 29.3 Å². The third kappa shape index (κ3) is 3.77. The van der Waals surface area contributed by atoms with Crippen molar-refractivity contribution in [3.63, 3.8) is 0 Å². The van der Waals surface area contributed by atoms with Crippen molar-refractivity contribution >= 4 is 40.7 Å². The number of rotatable bonds is 5. The number of ether oxygens (including phenoxy) is 1. The maximum absolute atomic E-state index is 13.2. The van der Waals surface area contributed by atoms with Crippen molar-refractivity contribution in [1.29, 1.82) is 0 Å². The molecular formula is C30H15N3O7. The molecule has 10 heteroatoms. The normalized spacial score (nSPS) is 13.8. The first-order valence-electron chi connectivity index (χ1n) is 11.8. The minimum absolute atomic E-state index is 0.0565. The maximum Gasteiger partial charge on any atom is 0.270 e. The highest BCUT2D eigenvalue weighted by molar-refractivity contribution is 6.35. The largest absolute Gasteiger partial charge is 0.457 e. The van der Waals surface area contributed by atoms with Gasteiger partial charge in [-0.1, -0.05) is 18.1 Å². The first-order valence-corrected chi connectivity index (χ1v) is 11.8. The van der Waals surface area contributed by atoms with E-state index in [1.165, 1.54) is 42.5 Å². The second-order valence-corrected chi connectivity index (χ2v) is 8.88. The fourth-order valence-corrected chi connectivity index (χ4v) is 4.65. The summed E-state index contributed by atoms with van der Waals surface area (Å²) in [4.78, 5) is 64.5. The van der Waals surface area contributed by atoms with E-state index in [-0.39, 0.29) is 45.1 Å². The monoisotopic (exact) mass is 529 g/mol. The van der Waals surface area contributed by atoms with E-state index in [4.69, 9.17) is 11.2 Å². The lowest BCUT2D eigenvalue weighted by atomic mass is 10.1. The van der Waals surface area contributed by atoms with Gasteiger partial charge in [0.1, 0.15) is 11.5 Å². The SMILES string of the molecule is C#Cc1cccc(N2C(=O)c3ccc(Oc4cccc(N5C(=O)c6ccc([N+](=O)[O-])cc6C5=O)c4)cc3C2=O)c1. The average Bonchev–Trinajstić information content (AvgIpc) is 3.36. The quantitative estimate of drug-likeness (QED) is 0.155. The van der Waals surface area contributed by atoms with Crippen LogP contribution in [0.1, 0.15) is 47.0 Å². The Balaban J connectivity index is 1.27. The number of hydrogen-bond acceptors (Lipinski definition) is 7. The zero-order chi connectivity index (χ0) is 28.1. The van der Waals surface area contributed by atoms with E-state index in [2.05, 4.69) is 5.92 Å². The summed E-state index contributed by atoms with van der Waals surface area (Å²) < 4.78 is 5.92. The van der Waals surface area contributed by atoms with E-state index in [9.17, 15) is 29.3 Å². The standard InChI is InChI=1S/C30H15N3O7/c1-2-17-5-3-6-18(13-17)31-28(35)24-12-10-22(16-26(24)30(31)37)40-21-8-4-7-19(14-21)32-27(34)23-11-9-20(33(38)39)15-25(23)29(32)36/h1,3-16H. The molecule has 0 aromatic heterocycles. The zero-order valence-electron chi connectivity index (χ0n) is 20.4. The smallest absolute Gasteiger partial charge is 0.270 e. The molecule has 0 unspecified atom stereocenters. The predicted molar refractivity (Wildman–Crippen MR) is 143 cm³/mol. The van der Waals surface area contributed by atoms with Crippen LogP contribution in [0.3, 0.4) is 0 Å². The summed E-state index contributed by atoms with van der Waals surface area (Å²) in [5, 5.41) is 11.1. The summed E-state index contributed by atoms with van der Waals surface area (Å²) in [7, 11) is 0. The molecule has 0 atom stereocenters. The van der Waals surface area contributed by atoms with Gasteiger partial charge < -0.3 is 4.74 Å². The van der Waals surface area contributed by atoms with Crippen LogP contribution in [0.4, 0.5) is 17.1 Å². The van der Waals surface area contributed by atoms with Crippen molar-refractivity contribution in [1.82, 2.24) is 0 Å². The second-order valence-electron chi connectivity index (χ2n) is 8.88. The van der Waals surface area contributed by atoms with Gasteiger partial charge >= 0.3 is 0 Å². The lowest BCUT2D eigenvalue weighted by Gasteiger charge is -2.15. The van der Waals surface area contributed by atoms with Gasteiger partial charge in [0, 0.05) is 23.8 Å². The third-order valence-corrected chi connectivity index (χ3v) is 6.52. The molecule has 2 aliphatic rings. The topological polar surface area (TPSA) is 127 Å². The van der Waals surface area contributed by atoms with Gasteiger partial charge in [0.25, 0.3) is 29.3 Å². The van der Waals surface area contributed by atoms with Crippen molar-refractivity contribution in [3.8, 4) is 23.8 Å². The second kappa shape index (κ2) is 9.04. The third-order valence-electron chi connectivity index (χ3n) is 6.52. The number of imide groups is 2. The molecule has 0 saturated heterocycles. The summed E-state index contributed by atoms with van der Waals surface area (Å²) >= 11 is 0. The van der Waals surface area contributed by atoms with Crippen LogP contribution >= 0.6 is 0 Å². The van der Waals surface area contributed by atoms with Gasteiger partial charge in [-0.05, 0) is 54.6 Å². The van der Waals surface area contributed by atoms with E-state index < -0.39 is 28.6 Å². The zero-order valence-corrected chi connectivity index (χ0v) is 20.4. The van der Waals surface area contributed by atoms with Gasteiger partial charge in [0.15, 0.2) is 0 Å². The Labute approximate surface area is 226 Å². The van der Waals surface area contributed by atoms with Crippen molar-refractivity contribution in [2.75, 3.05) is 9.80 Å². The maximum atomic E-state index is 13.2. The Kier molecular flexibility index (Phi) is 5.48. The van der Waals surface area contributed by atoms with Crippen LogP contribution in [-0.4, -0.2) is 28.6 Å². The van der Waals surface area contributed by atoms with Gasteiger partial charge in [-0.2, -0.15) is 0 Å². The Morgan fingerprint density at radius 2 is 1.20 bits per heavy atom. The van der Waals surface area contributed by atoms with Crippen LogP contribution in [0.15, 0.2) is 84.9 Å². The molecule has 4 amide bonds. The number of anilines is 2. The van der Waals surface area contributed by atoms with Crippen molar-refractivity contribution < 1.29 is 28.8 Å². The molecule has 0 saturated carbocycles. The highest BCUT2D eigenvalue weighted by Gasteiger charge is 2.39. The summed E-state index contributed by atoms with van der Waals surface area (Å²) in [5.41, 5.74) is 1.11. The lowest BCUT2D eigenvalue weighted by molar-refractivity contribution is -0.384. The van der Waals surface area contributed by atoms with Crippen LogP contribution in [0.2, 0.25) is 0 Å². The minimum Gasteiger partial charge on any atom is -0.457 e.